The van der Waals surface area contributed by atoms with E-state index in [1.807, 2.05) is 25.3 Å². The standard InChI is InChI=1S/C11H12FN3S/c1-3-13-11-14-6-8(12)9(15-11)10-7(2)4-5-16-10/h4-6H,3H2,1-2H3,(H,13,14,15). The Morgan fingerprint density at radius 3 is 2.94 bits per heavy atom. The van der Waals surface area contributed by atoms with Gasteiger partial charge < -0.3 is 5.32 Å². The topological polar surface area (TPSA) is 37.8 Å². The first-order valence-corrected chi connectivity index (χ1v) is 5.91. The SMILES string of the molecule is CCNc1ncc(F)c(-c2sccc2C)n1. The second kappa shape index (κ2) is 4.57. The minimum absolute atomic E-state index is 0.374. The molecule has 0 aliphatic rings. The van der Waals surface area contributed by atoms with Gasteiger partial charge in [-0.1, -0.05) is 0 Å². The van der Waals surface area contributed by atoms with Gasteiger partial charge >= 0.3 is 0 Å². The first kappa shape index (κ1) is 11.0. The Kier molecular flexibility index (Phi) is 3.14. The number of nitrogens with one attached hydrogen (secondary N) is 1. The molecule has 0 aromatic carbocycles. The maximum absolute atomic E-state index is 13.6. The lowest BCUT2D eigenvalue weighted by Gasteiger charge is -2.05. The van der Waals surface area contributed by atoms with E-state index in [-0.39, 0.29) is 5.82 Å². The predicted molar refractivity (Wildman–Crippen MR) is 64.2 cm³/mol. The summed E-state index contributed by atoms with van der Waals surface area (Å²) in [6.07, 6.45) is 1.21. The highest BCUT2D eigenvalue weighted by Crippen LogP contribution is 2.29. The molecule has 0 fully saturated rings. The van der Waals surface area contributed by atoms with Crippen molar-refractivity contribution in [2.24, 2.45) is 0 Å². The van der Waals surface area contributed by atoms with Gasteiger partial charge in [0.05, 0.1) is 11.1 Å². The van der Waals surface area contributed by atoms with Gasteiger partial charge in [-0.25, -0.2) is 14.4 Å². The fourth-order valence-electron chi connectivity index (χ4n) is 1.38. The number of aryl methyl sites for hydroxylation is 1. The third-order valence-electron chi connectivity index (χ3n) is 2.16. The Hall–Kier alpha value is -1.49. The quantitative estimate of drug-likeness (QED) is 0.891. The molecule has 1 N–H and O–H groups in total. The van der Waals surface area contributed by atoms with Crippen LogP contribution in [0.4, 0.5) is 10.3 Å². The molecule has 5 heteroatoms. The van der Waals surface area contributed by atoms with E-state index in [4.69, 9.17) is 0 Å². The van der Waals surface area contributed by atoms with Crippen molar-refractivity contribution in [2.45, 2.75) is 13.8 Å². The molecule has 0 aliphatic carbocycles. The van der Waals surface area contributed by atoms with E-state index in [1.54, 1.807) is 0 Å². The van der Waals surface area contributed by atoms with Gasteiger partial charge in [0.2, 0.25) is 5.95 Å². The third kappa shape index (κ3) is 2.04. The lowest BCUT2D eigenvalue weighted by molar-refractivity contribution is 0.619. The Labute approximate surface area is 97.4 Å². The molecule has 3 nitrogen and oxygen atoms in total. The van der Waals surface area contributed by atoms with Crippen LogP contribution in [0.15, 0.2) is 17.6 Å². The molecule has 0 saturated carbocycles. The lowest BCUT2D eigenvalue weighted by Crippen LogP contribution is -2.03. The Morgan fingerprint density at radius 1 is 1.50 bits per heavy atom. The fraction of sp³-hybridized carbons (Fsp3) is 0.273. The molecule has 2 aromatic heterocycles. The van der Waals surface area contributed by atoms with Gasteiger partial charge in [-0.15, -0.1) is 11.3 Å². The van der Waals surface area contributed by atoms with Crippen LogP contribution in [0.1, 0.15) is 12.5 Å². The van der Waals surface area contributed by atoms with Gasteiger partial charge in [0.25, 0.3) is 0 Å². The highest BCUT2D eigenvalue weighted by Gasteiger charge is 2.12. The van der Waals surface area contributed by atoms with Crippen molar-refractivity contribution in [3.8, 4) is 10.6 Å². The maximum atomic E-state index is 13.6. The average molecular weight is 237 g/mol. The van der Waals surface area contributed by atoms with E-state index >= 15 is 0 Å². The number of hydrogen-bond acceptors (Lipinski definition) is 4. The number of thiophene rings is 1. The van der Waals surface area contributed by atoms with Crippen molar-refractivity contribution in [1.29, 1.82) is 0 Å². The molecule has 0 saturated heterocycles. The molecule has 0 unspecified atom stereocenters. The molecule has 16 heavy (non-hydrogen) atoms. The van der Waals surface area contributed by atoms with Crippen LogP contribution in [0.3, 0.4) is 0 Å². The smallest absolute Gasteiger partial charge is 0.223 e. The molecule has 0 spiro atoms. The van der Waals surface area contributed by atoms with Crippen molar-refractivity contribution >= 4 is 17.3 Å². The molecule has 0 aliphatic heterocycles. The van der Waals surface area contributed by atoms with E-state index < -0.39 is 0 Å². The molecule has 84 valence electrons. The molecule has 0 radical (unpaired) electrons. The van der Waals surface area contributed by atoms with Crippen molar-refractivity contribution in [1.82, 2.24) is 9.97 Å². The first-order valence-electron chi connectivity index (χ1n) is 5.03. The number of rotatable bonds is 3. The van der Waals surface area contributed by atoms with Crippen LogP contribution in [0.2, 0.25) is 0 Å². The summed E-state index contributed by atoms with van der Waals surface area (Å²) in [6, 6.07) is 1.95. The minimum atomic E-state index is -0.382. The van der Waals surface area contributed by atoms with Crippen molar-refractivity contribution in [2.75, 3.05) is 11.9 Å². The highest BCUT2D eigenvalue weighted by atomic mass is 32.1. The van der Waals surface area contributed by atoms with Gasteiger partial charge in [0, 0.05) is 6.54 Å². The summed E-state index contributed by atoms with van der Waals surface area (Å²) in [7, 11) is 0. The van der Waals surface area contributed by atoms with E-state index in [0.29, 0.717) is 18.2 Å². The minimum Gasteiger partial charge on any atom is -0.354 e. The molecule has 2 heterocycles. The van der Waals surface area contributed by atoms with Crippen LogP contribution in [0.5, 0.6) is 0 Å². The Bertz CT molecular complexity index is 496. The summed E-state index contributed by atoms with van der Waals surface area (Å²) >= 11 is 1.49. The third-order valence-corrected chi connectivity index (χ3v) is 3.18. The number of aromatic nitrogens is 2. The zero-order valence-corrected chi connectivity index (χ0v) is 9.94. The first-order chi connectivity index (χ1) is 7.72. The summed E-state index contributed by atoms with van der Waals surface area (Å²) in [5.41, 5.74) is 1.41. The number of nitrogens with zero attached hydrogens (tertiary/aromatic N) is 2. The van der Waals surface area contributed by atoms with E-state index in [2.05, 4.69) is 15.3 Å². The van der Waals surface area contributed by atoms with Gasteiger partial charge in [-0.3, -0.25) is 0 Å². The molecular weight excluding hydrogens is 225 g/mol. The second-order valence-corrected chi connectivity index (χ2v) is 4.27. The lowest BCUT2D eigenvalue weighted by atomic mass is 10.2. The summed E-state index contributed by atoms with van der Waals surface area (Å²) in [5.74, 6) is 0.0823. The molecular formula is C11H12FN3S. The molecule has 2 aromatic rings. The predicted octanol–water partition coefficient (Wildman–Crippen LogP) is 3.08. The Balaban J connectivity index is 2.47. The van der Waals surface area contributed by atoms with Gasteiger partial charge in [0.1, 0.15) is 5.69 Å². The number of hydrogen-bond donors (Lipinski definition) is 1. The van der Waals surface area contributed by atoms with Crippen LogP contribution in [-0.4, -0.2) is 16.5 Å². The number of anilines is 1. The summed E-state index contributed by atoms with van der Waals surface area (Å²) < 4.78 is 13.6. The molecule has 0 atom stereocenters. The molecule has 0 amide bonds. The van der Waals surface area contributed by atoms with E-state index in [9.17, 15) is 4.39 Å². The van der Waals surface area contributed by atoms with Crippen LogP contribution >= 0.6 is 11.3 Å². The summed E-state index contributed by atoms with van der Waals surface area (Å²) in [4.78, 5) is 8.91. The maximum Gasteiger partial charge on any atom is 0.223 e. The fourth-order valence-corrected chi connectivity index (χ4v) is 2.30. The molecule has 2 rings (SSSR count). The zero-order chi connectivity index (χ0) is 11.5. The van der Waals surface area contributed by atoms with Gasteiger partial charge in [-0.2, -0.15) is 0 Å². The van der Waals surface area contributed by atoms with Crippen molar-refractivity contribution in [3.05, 3.63) is 29.0 Å². The Morgan fingerprint density at radius 2 is 2.31 bits per heavy atom. The highest BCUT2D eigenvalue weighted by molar-refractivity contribution is 7.13. The van der Waals surface area contributed by atoms with E-state index in [0.717, 1.165) is 10.4 Å². The largest absolute Gasteiger partial charge is 0.354 e. The van der Waals surface area contributed by atoms with Crippen LogP contribution in [0.25, 0.3) is 10.6 Å². The second-order valence-electron chi connectivity index (χ2n) is 3.35. The summed E-state index contributed by atoms with van der Waals surface area (Å²) in [5, 5.41) is 4.90. The van der Waals surface area contributed by atoms with Crippen LogP contribution < -0.4 is 5.32 Å². The normalized spacial score (nSPS) is 10.4. The molecule has 0 bridgehead atoms. The summed E-state index contributed by atoms with van der Waals surface area (Å²) in [6.45, 7) is 4.61. The van der Waals surface area contributed by atoms with Crippen LogP contribution in [-0.2, 0) is 0 Å². The van der Waals surface area contributed by atoms with Crippen molar-refractivity contribution in [3.63, 3.8) is 0 Å². The zero-order valence-electron chi connectivity index (χ0n) is 9.12. The van der Waals surface area contributed by atoms with Gasteiger partial charge in [0.15, 0.2) is 5.82 Å². The monoisotopic (exact) mass is 237 g/mol. The van der Waals surface area contributed by atoms with Crippen LogP contribution in [0, 0.1) is 12.7 Å². The van der Waals surface area contributed by atoms with Crippen molar-refractivity contribution < 1.29 is 4.39 Å². The number of halogens is 1. The van der Waals surface area contributed by atoms with E-state index in [1.165, 1.54) is 17.5 Å². The average Bonchev–Trinajstić information content (AvgIpc) is 2.68. The van der Waals surface area contributed by atoms with Gasteiger partial charge in [-0.05, 0) is 30.9 Å².